The lowest BCUT2D eigenvalue weighted by molar-refractivity contribution is -0.179. The van der Waals surface area contributed by atoms with Crippen molar-refractivity contribution in [3.8, 4) is 22.3 Å². The maximum Gasteiger partial charge on any atom is 0.0958 e. The van der Waals surface area contributed by atoms with Crippen LogP contribution >= 0.6 is 23.2 Å². The highest BCUT2D eigenvalue weighted by Crippen LogP contribution is 2.63. The first-order valence-corrected chi connectivity index (χ1v) is 13.6. The molecule has 4 aromatic carbocycles. The molecule has 4 fully saturated rings. The first kappa shape index (κ1) is 21.9. The minimum atomic E-state index is -0.803. The Labute approximate surface area is 216 Å². The molecule has 0 aromatic heterocycles. The molecule has 8 rings (SSSR count). The average molecular weight is 499 g/mol. The molecule has 0 unspecified atom stereocenters. The van der Waals surface area contributed by atoms with Crippen molar-refractivity contribution in [2.45, 2.75) is 37.7 Å². The van der Waals surface area contributed by atoms with E-state index in [1.165, 1.54) is 22.8 Å². The number of hydrogen-bond donors (Lipinski definition) is 1. The van der Waals surface area contributed by atoms with Crippen molar-refractivity contribution >= 4 is 34.0 Å². The van der Waals surface area contributed by atoms with Crippen molar-refractivity contribution in [2.24, 2.45) is 23.7 Å². The molecule has 1 N–H and O–H groups in total. The van der Waals surface area contributed by atoms with Gasteiger partial charge in [-0.05, 0) is 107 Å². The van der Waals surface area contributed by atoms with E-state index < -0.39 is 5.60 Å². The third-order valence-electron chi connectivity index (χ3n) is 9.16. The highest BCUT2D eigenvalue weighted by Gasteiger charge is 2.57. The molecule has 3 heteroatoms. The first-order valence-electron chi connectivity index (χ1n) is 12.8. The zero-order valence-corrected chi connectivity index (χ0v) is 21.1. The molecule has 35 heavy (non-hydrogen) atoms. The fourth-order valence-corrected chi connectivity index (χ4v) is 8.32. The van der Waals surface area contributed by atoms with E-state index in [2.05, 4.69) is 60.7 Å². The quantitative estimate of drug-likeness (QED) is 0.298. The summed E-state index contributed by atoms with van der Waals surface area (Å²) in [6, 6.07) is 27.3. The molecule has 0 amide bonds. The smallest absolute Gasteiger partial charge is 0.0958 e. The molecule has 176 valence electrons. The molecule has 0 radical (unpaired) electrons. The summed E-state index contributed by atoms with van der Waals surface area (Å²) < 4.78 is 0. The molecule has 4 aliphatic carbocycles. The van der Waals surface area contributed by atoms with Gasteiger partial charge in [0.2, 0.25) is 0 Å². The molecule has 4 saturated carbocycles. The lowest BCUT2D eigenvalue weighted by Gasteiger charge is -2.59. The summed E-state index contributed by atoms with van der Waals surface area (Å²) in [5, 5.41) is 16.2. The van der Waals surface area contributed by atoms with Gasteiger partial charge in [0.05, 0.1) is 5.60 Å². The van der Waals surface area contributed by atoms with Crippen LogP contribution < -0.4 is 0 Å². The minimum absolute atomic E-state index is 0.326. The summed E-state index contributed by atoms with van der Waals surface area (Å²) in [6.45, 7) is 0. The van der Waals surface area contributed by atoms with Crippen LogP contribution in [0.15, 0.2) is 78.9 Å². The molecule has 1 nitrogen and oxygen atoms in total. The van der Waals surface area contributed by atoms with Crippen LogP contribution in [0, 0.1) is 23.7 Å². The molecular weight excluding hydrogens is 471 g/mol. The number of hydrogen-bond acceptors (Lipinski definition) is 1. The van der Waals surface area contributed by atoms with Crippen LogP contribution in [0.25, 0.3) is 33.0 Å². The Bertz CT molecular complexity index is 1420. The van der Waals surface area contributed by atoms with E-state index in [-0.39, 0.29) is 0 Å². The second-order valence-corrected chi connectivity index (χ2v) is 11.9. The maximum atomic E-state index is 12.5. The Hall–Kier alpha value is -2.32. The van der Waals surface area contributed by atoms with Crippen LogP contribution in [0.4, 0.5) is 0 Å². The Morgan fingerprint density at radius 2 is 1.37 bits per heavy atom. The van der Waals surface area contributed by atoms with E-state index in [0.717, 1.165) is 59.8 Å². The molecule has 4 aromatic rings. The zero-order chi connectivity index (χ0) is 23.7. The summed E-state index contributed by atoms with van der Waals surface area (Å²) in [5.41, 5.74) is 4.54. The average Bonchev–Trinajstić information content (AvgIpc) is 2.86. The van der Waals surface area contributed by atoms with E-state index in [1.54, 1.807) is 0 Å². The van der Waals surface area contributed by atoms with Crippen LogP contribution in [-0.4, -0.2) is 5.11 Å². The lowest BCUT2D eigenvalue weighted by Crippen LogP contribution is -2.55. The maximum absolute atomic E-state index is 12.5. The minimum Gasteiger partial charge on any atom is -0.385 e. The molecule has 0 aliphatic heterocycles. The highest BCUT2D eigenvalue weighted by atomic mass is 35.5. The predicted octanol–water partition coefficient (Wildman–Crippen LogP) is 9.12. The lowest BCUT2D eigenvalue weighted by atomic mass is 9.48. The van der Waals surface area contributed by atoms with Gasteiger partial charge in [-0.25, -0.2) is 0 Å². The van der Waals surface area contributed by atoms with Crippen molar-refractivity contribution < 1.29 is 5.11 Å². The highest BCUT2D eigenvalue weighted by molar-refractivity contribution is 6.36. The predicted molar refractivity (Wildman–Crippen MR) is 146 cm³/mol. The van der Waals surface area contributed by atoms with Gasteiger partial charge in [-0.15, -0.1) is 0 Å². The number of benzene rings is 4. The Morgan fingerprint density at radius 3 is 2.11 bits per heavy atom. The largest absolute Gasteiger partial charge is 0.385 e. The first-order chi connectivity index (χ1) is 17.0. The SMILES string of the molecule is OC1(c2ccc(-c3cccc4ccccc34)cc2-c2ccc(Cl)cc2Cl)C2CC3CC(C2)CC1C3. The van der Waals surface area contributed by atoms with Gasteiger partial charge in [-0.3, -0.25) is 0 Å². The van der Waals surface area contributed by atoms with Crippen molar-refractivity contribution in [1.82, 2.24) is 0 Å². The van der Waals surface area contributed by atoms with Crippen LogP contribution in [0.3, 0.4) is 0 Å². The standard InChI is InChI=1S/C32H28Cl2O/c33-25-9-10-28(31(34)18-25)29-17-22(27-7-3-5-21-4-1-2-6-26(21)27)8-11-30(29)32(35)23-13-19-12-20(15-23)16-24(32)14-19/h1-11,17-20,23-24,35H,12-16H2. The Morgan fingerprint density at radius 1 is 0.657 bits per heavy atom. The van der Waals surface area contributed by atoms with Gasteiger partial charge in [0.25, 0.3) is 0 Å². The van der Waals surface area contributed by atoms with Gasteiger partial charge in [-0.1, -0.05) is 83.9 Å². The normalized spacial score (nSPS) is 29.1. The zero-order valence-electron chi connectivity index (χ0n) is 19.6. The van der Waals surface area contributed by atoms with Gasteiger partial charge < -0.3 is 5.11 Å². The van der Waals surface area contributed by atoms with E-state index >= 15 is 0 Å². The summed E-state index contributed by atoms with van der Waals surface area (Å²) in [6.07, 6.45) is 5.93. The Kier molecular flexibility index (Phi) is 5.07. The summed E-state index contributed by atoms with van der Waals surface area (Å²) in [7, 11) is 0. The number of fused-ring (bicyclic) bond motifs is 1. The summed E-state index contributed by atoms with van der Waals surface area (Å²) in [4.78, 5) is 0. The Balaban J connectivity index is 1.45. The van der Waals surface area contributed by atoms with E-state index in [4.69, 9.17) is 23.2 Å². The van der Waals surface area contributed by atoms with Gasteiger partial charge in [0, 0.05) is 15.6 Å². The van der Waals surface area contributed by atoms with Crippen molar-refractivity contribution in [1.29, 1.82) is 0 Å². The van der Waals surface area contributed by atoms with Crippen LogP contribution in [0.2, 0.25) is 10.0 Å². The third kappa shape index (κ3) is 3.39. The topological polar surface area (TPSA) is 20.2 Å². The molecule has 0 spiro atoms. The molecule has 0 atom stereocenters. The summed E-state index contributed by atoms with van der Waals surface area (Å²) in [5.74, 6) is 2.23. The van der Waals surface area contributed by atoms with Gasteiger partial charge in [-0.2, -0.15) is 0 Å². The molecule has 0 saturated heterocycles. The molecule has 4 aliphatic rings. The molecule has 4 bridgehead atoms. The number of rotatable bonds is 3. The second-order valence-electron chi connectivity index (χ2n) is 11.0. The molecule has 0 heterocycles. The van der Waals surface area contributed by atoms with Gasteiger partial charge in [0.1, 0.15) is 0 Å². The van der Waals surface area contributed by atoms with E-state index in [1.807, 2.05) is 18.2 Å². The number of aliphatic hydroxyl groups is 1. The molecular formula is C32H28Cl2O. The van der Waals surface area contributed by atoms with Crippen LogP contribution in [0.5, 0.6) is 0 Å². The van der Waals surface area contributed by atoms with Crippen molar-refractivity contribution in [2.75, 3.05) is 0 Å². The fourth-order valence-electron chi connectivity index (χ4n) is 7.81. The third-order valence-corrected chi connectivity index (χ3v) is 9.70. The summed E-state index contributed by atoms with van der Waals surface area (Å²) >= 11 is 13.1. The van der Waals surface area contributed by atoms with Crippen LogP contribution in [-0.2, 0) is 5.60 Å². The van der Waals surface area contributed by atoms with Crippen LogP contribution in [0.1, 0.15) is 37.7 Å². The monoisotopic (exact) mass is 498 g/mol. The van der Waals surface area contributed by atoms with Crippen molar-refractivity contribution in [3.63, 3.8) is 0 Å². The van der Waals surface area contributed by atoms with E-state index in [9.17, 15) is 5.11 Å². The fraction of sp³-hybridized carbons (Fsp3) is 0.312. The van der Waals surface area contributed by atoms with E-state index in [0.29, 0.717) is 21.9 Å². The van der Waals surface area contributed by atoms with Crippen molar-refractivity contribution in [3.05, 3.63) is 94.5 Å². The number of halogens is 2. The second kappa shape index (κ2) is 8.10. The van der Waals surface area contributed by atoms with Gasteiger partial charge >= 0.3 is 0 Å². The van der Waals surface area contributed by atoms with Gasteiger partial charge in [0.15, 0.2) is 0 Å².